The van der Waals surface area contributed by atoms with Crippen LogP contribution in [0.3, 0.4) is 0 Å². The predicted molar refractivity (Wildman–Crippen MR) is 518 cm³/mol. The number of rotatable bonds is 21. The molecule has 0 radical (unpaired) electrons. The van der Waals surface area contributed by atoms with Gasteiger partial charge in [-0.3, -0.25) is 20.3 Å². The highest BCUT2D eigenvalue weighted by Gasteiger charge is 2.24. The van der Waals surface area contributed by atoms with E-state index in [4.69, 9.17) is 32.5 Å². The highest BCUT2D eigenvalue weighted by molar-refractivity contribution is 9.11. The number of benzene rings is 2. The minimum atomic E-state index is -1.00. The Morgan fingerprint density at radius 3 is 1.41 bits per heavy atom. The maximum absolute atomic E-state index is 14.7. The second-order valence-corrected chi connectivity index (χ2v) is 36.6. The number of hydrogen-bond acceptors (Lipinski definition) is 29. The van der Waals surface area contributed by atoms with E-state index in [-0.39, 0.29) is 95.0 Å². The van der Waals surface area contributed by atoms with Gasteiger partial charge in [-0.25, -0.2) is 77.4 Å². The molecule has 42 heteroatoms. The number of thiophene rings is 5. The van der Waals surface area contributed by atoms with Crippen LogP contribution >= 0.6 is 72.6 Å². The Labute approximate surface area is 779 Å². The summed E-state index contributed by atoms with van der Waals surface area (Å²) in [5.41, 5.74) is 33.0. The number of carbonyl (C=O) groups excluding carboxylic acids is 4. The van der Waals surface area contributed by atoms with E-state index in [0.29, 0.717) is 65.3 Å². The third-order valence-corrected chi connectivity index (χ3v) is 22.9. The summed E-state index contributed by atoms with van der Waals surface area (Å²) in [5, 5.41) is 31.8. The number of guanidine groups is 1. The van der Waals surface area contributed by atoms with Crippen molar-refractivity contribution in [3.8, 4) is 55.0 Å². The first-order valence-electron chi connectivity index (χ1n) is 39.4. The summed E-state index contributed by atoms with van der Waals surface area (Å²) < 4.78 is 60.9. The second-order valence-electron chi connectivity index (χ2n) is 30.0. The van der Waals surface area contributed by atoms with E-state index in [9.17, 15) is 37.1 Å². The molecule has 0 unspecified atom stereocenters. The number of ketones is 1. The summed E-state index contributed by atoms with van der Waals surface area (Å²) in [7, 11) is 5.14. The van der Waals surface area contributed by atoms with Crippen LogP contribution in [0.15, 0.2) is 167 Å². The van der Waals surface area contributed by atoms with Gasteiger partial charge in [0.1, 0.15) is 61.4 Å². The van der Waals surface area contributed by atoms with Crippen LogP contribution in [0.1, 0.15) is 171 Å². The van der Waals surface area contributed by atoms with Crippen LogP contribution in [0.5, 0.6) is 0 Å². The molecule has 0 fully saturated rings. The van der Waals surface area contributed by atoms with Gasteiger partial charge in [-0.2, -0.15) is 0 Å². The van der Waals surface area contributed by atoms with Gasteiger partial charge < -0.3 is 82.4 Å². The fraction of sp³-hybridized carbons (Fsp3) is 0.273. The Balaban J connectivity index is 0.000000220. The topological polar surface area (TPSA) is 478 Å². The number of esters is 1. The first-order chi connectivity index (χ1) is 60.9. The van der Waals surface area contributed by atoms with Gasteiger partial charge in [-0.05, 0) is 214 Å². The van der Waals surface area contributed by atoms with Crippen molar-refractivity contribution in [1.82, 2.24) is 73.0 Å². The van der Waals surface area contributed by atoms with Gasteiger partial charge in [-0.1, -0.05) is 31.7 Å². The van der Waals surface area contributed by atoms with Crippen LogP contribution in [-0.4, -0.2) is 141 Å². The summed E-state index contributed by atoms with van der Waals surface area (Å²) in [5.74, 6) is 0.163. The molecule has 16 N–H and O–H groups in total. The molecule has 130 heavy (non-hydrogen) atoms. The minimum Gasteiger partial charge on any atom is -0.477 e. The number of ether oxygens (including phenoxy) is 2. The first-order valence-corrected chi connectivity index (χ1v) is 44.4. The molecule has 0 spiro atoms. The molecule has 0 atom stereocenters. The largest absolute Gasteiger partial charge is 0.477 e. The number of aryl methyl sites for hydroxylation is 4. The van der Waals surface area contributed by atoms with E-state index < -0.39 is 35.1 Å². The molecule has 0 saturated heterocycles. The number of halogens is 4. The van der Waals surface area contributed by atoms with Crippen molar-refractivity contribution in [2.45, 2.75) is 141 Å². The Morgan fingerprint density at radius 2 is 0.985 bits per heavy atom. The van der Waals surface area contributed by atoms with E-state index in [0.717, 1.165) is 77.9 Å². The summed E-state index contributed by atoms with van der Waals surface area (Å²) >= 11 is 10.1. The quantitative estimate of drug-likeness (QED) is 0.00795. The Kier molecular flexibility index (Phi) is 37.8. The average Bonchev–Trinajstić information content (AvgIpc) is 1.60. The van der Waals surface area contributed by atoms with Crippen molar-refractivity contribution in [2.75, 3.05) is 59.7 Å². The van der Waals surface area contributed by atoms with Gasteiger partial charge in [-0.15, -0.1) is 56.7 Å². The first kappa shape index (κ1) is 104. The van der Waals surface area contributed by atoms with E-state index >= 15 is 0 Å². The van der Waals surface area contributed by atoms with Gasteiger partial charge in [0.25, 0.3) is 5.91 Å². The zero-order chi connectivity index (χ0) is 95.0. The molecule has 0 bridgehead atoms. The molecule has 0 aliphatic carbocycles. The third-order valence-electron chi connectivity index (χ3n) is 17.4. The maximum atomic E-state index is 14.7. The lowest BCUT2D eigenvalue weighted by Gasteiger charge is -2.20. The smallest absolute Gasteiger partial charge is 0.412 e. The van der Waals surface area contributed by atoms with Gasteiger partial charge >= 0.3 is 18.0 Å². The standard InChI is InChI=1S/C26H24FN7OS2.C16H16FN5O2S.C15H18N2O2S.C12H19N3O.C11H14FN5.C6H5BrO2S.CH5N3.CH4/c1-14(2)34-15(3)29-13-20(34)24-17(27)12-30-26(33-24)32-23-9-8-22(37-23)25(35)31-19-11-16(6-7-18(19)28)21-5-4-10-36-21;1-8(2)22-9(3)18-7-11(22)14-10(17)6-19-16(21-14)20-13-5-4-12(25-13)15(23)24;1-15(2,3)19-14(18)17-12-7-6-10(9-11(12)16)13-5-4-8-20-13;1-9(2)15-10(3)13-8-11(15)12(16)6-7-14(4)5;1-6(2)17-7(3)14-5-9(17)10-8(12)4-15-11(13)16-10;1-9-6(8)4-2-3-5(7)10-4;2-1(3)4;/h4-14H,28H2,1-3H3,(H,31,35)(H,30,32,33);4-8H,1-3H3,(H,23,24)(H,19,20,21);4-9H,16H2,1-3H3,(H,17,18);6-9H,1-5H3;4-6H,1-3H3,(H2,13,15,16);2-3H,1H3;(H5,2,3,4);1H4/b;;;7-6+;;;;. The van der Waals surface area contributed by atoms with Gasteiger partial charge in [0.05, 0.1) is 109 Å². The normalized spacial score (nSPS) is 10.8. The number of carbonyl (C=O) groups is 5. The number of aromatic carboxylic acids is 1. The number of amides is 2. The Hall–Kier alpha value is -13.6. The fourth-order valence-corrected chi connectivity index (χ4v) is 16.4. The number of imidazole rings is 4. The minimum absolute atomic E-state index is 0. The van der Waals surface area contributed by atoms with Crippen molar-refractivity contribution < 1.29 is 51.7 Å². The number of nitrogen functional groups attached to an aromatic ring is 3. The number of allylic oxidation sites excluding steroid dienone is 1. The molecular weight excluding hydrogens is 1830 g/mol. The summed E-state index contributed by atoms with van der Waals surface area (Å²) in [6.07, 6.45) is 12.5. The van der Waals surface area contributed by atoms with Crippen LogP contribution < -0.4 is 49.9 Å². The average molecular weight is 1940 g/mol. The summed E-state index contributed by atoms with van der Waals surface area (Å²) in [6.45, 7) is 29.0. The molecule has 14 rings (SSSR count). The molecule has 14 aromatic rings. The summed E-state index contributed by atoms with van der Waals surface area (Å²) in [6, 6.07) is 29.8. The van der Waals surface area contributed by atoms with E-state index in [1.165, 1.54) is 35.8 Å². The molecule has 0 saturated carbocycles. The Morgan fingerprint density at radius 1 is 0.546 bits per heavy atom. The van der Waals surface area contributed by atoms with E-state index in [1.54, 1.807) is 96.1 Å². The Bertz CT molecular complexity index is 6200. The zero-order valence-corrected chi connectivity index (χ0v) is 79.5. The van der Waals surface area contributed by atoms with E-state index in [1.807, 2.05) is 206 Å². The fourth-order valence-electron chi connectivity index (χ4n) is 12.1. The SMILES string of the molecule is C.CC(C)(C)OC(=O)Nc1ccc(-c2cccs2)cc1N.COC(=O)c1ccc(Br)s1.Cc1ncc(-c2nc(N)ncc2F)n1C(C)C.Cc1ncc(-c2nc(Nc3ccc(C(=O)Nc4cc(-c5cccs5)ccc4N)s3)ncc2F)n1C(C)C.Cc1ncc(-c2nc(Nc3ccc(C(=O)O)s3)ncc2F)n1C(C)C.Cc1ncc(C(=O)/C=C/N(C)C)n1C(C)C.N=C(N)N. The van der Waals surface area contributed by atoms with Gasteiger partial charge in [0.15, 0.2) is 23.4 Å². The zero-order valence-electron chi connectivity index (χ0n) is 73.9. The number of anilines is 9. The number of hydrogen-bond donors (Lipinski definition) is 11. The molecule has 2 aromatic carbocycles. The highest BCUT2D eigenvalue weighted by Crippen LogP contribution is 2.36. The number of nitrogens with one attached hydrogen (secondary N) is 5. The van der Waals surface area contributed by atoms with Crippen molar-refractivity contribution in [2.24, 2.45) is 11.5 Å². The van der Waals surface area contributed by atoms with Crippen molar-refractivity contribution in [3.05, 3.63) is 228 Å². The number of carboxylic acids is 1. The lowest BCUT2D eigenvalue weighted by molar-refractivity contribution is 0.0602. The number of carboxylic acid groups (broad SMARTS) is 1. The molecule has 0 aliphatic rings. The van der Waals surface area contributed by atoms with Crippen LogP contribution in [0.2, 0.25) is 0 Å². The molecular formula is C88H105BrF3N25O8S5. The predicted octanol–water partition coefficient (Wildman–Crippen LogP) is 20.7. The summed E-state index contributed by atoms with van der Waals surface area (Å²) in [4.78, 5) is 105. The van der Waals surface area contributed by atoms with E-state index in [2.05, 4.69) is 103 Å². The molecule has 0 aliphatic heterocycles. The van der Waals surface area contributed by atoms with Crippen LogP contribution in [-0.2, 0) is 9.47 Å². The molecule has 33 nitrogen and oxygen atoms in total. The van der Waals surface area contributed by atoms with Gasteiger partial charge in [0, 0.05) is 60.3 Å². The molecule has 2 amide bonds. The molecule has 12 heterocycles. The van der Waals surface area contributed by atoms with Crippen LogP contribution in [0, 0.1) is 50.6 Å². The second kappa shape index (κ2) is 47.5. The number of aromatic nitrogens is 14. The van der Waals surface area contributed by atoms with Crippen molar-refractivity contribution in [1.29, 1.82) is 5.41 Å². The van der Waals surface area contributed by atoms with Gasteiger partial charge in [0.2, 0.25) is 23.6 Å². The number of nitrogens with two attached hydrogens (primary N) is 5. The monoisotopic (exact) mass is 1940 g/mol. The lowest BCUT2D eigenvalue weighted by Crippen LogP contribution is -2.27. The van der Waals surface area contributed by atoms with Crippen molar-refractivity contribution >= 4 is 159 Å². The van der Waals surface area contributed by atoms with Crippen molar-refractivity contribution in [3.63, 3.8) is 0 Å². The molecule has 688 valence electrons. The lowest BCUT2D eigenvalue weighted by atomic mass is 10.1. The molecule has 12 aromatic heterocycles. The highest BCUT2D eigenvalue weighted by atomic mass is 79.9. The maximum Gasteiger partial charge on any atom is 0.412 e. The van der Waals surface area contributed by atoms with Crippen LogP contribution in [0.4, 0.5) is 68.6 Å². The number of nitrogens with zero attached hydrogens (tertiary/aromatic N) is 15. The van der Waals surface area contributed by atoms with Crippen LogP contribution in [0.25, 0.3) is 55.0 Å². The number of methoxy groups -OCH3 is 1. The third kappa shape index (κ3) is 29.2.